The Hall–Kier alpha value is -1.20. The van der Waals surface area contributed by atoms with Gasteiger partial charge in [-0.2, -0.15) is 0 Å². The van der Waals surface area contributed by atoms with E-state index in [1.807, 2.05) is 13.0 Å². The smallest absolute Gasteiger partial charge is 0.143 e. The van der Waals surface area contributed by atoms with E-state index < -0.39 is 0 Å². The van der Waals surface area contributed by atoms with Crippen molar-refractivity contribution in [1.82, 2.24) is 4.98 Å². The van der Waals surface area contributed by atoms with Gasteiger partial charge in [0, 0.05) is 5.39 Å². The summed E-state index contributed by atoms with van der Waals surface area (Å²) >= 11 is 3.28. The van der Waals surface area contributed by atoms with E-state index in [1.54, 1.807) is 0 Å². The first-order valence-corrected chi connectivity index (χ1v) is 6.62. The summed E-state index contributed by atoms with van der Waals surface area (Å²) in [5, 5.41) is 0.787. The molecule has 2 aromatic rings. The fourth-order valence-corrected chi connectivity index (χ4v) is 2.47. The Morgan fingerprint density at radius 3 is 2.78 bits per heavy atom. The van der Waals surface area contributed by atoms with E-state index in [2.05, 4.69) is 33.3 Å². The number of pyridine rings is 1. The molecule has 0 atom stereocenters. The van der Waals surface area contributed by atoms with E-state index >= 15 is 0 Å². The van der Waals surface area contributed by atoms with Crippen molar-refractivity contribution in [3.63, 3.8) is 0 Å². The van der Waals surface area contributed by atoms with Crippen molar-refractivity contribution in [2.75, 3.05) is 5.43 Å². The molecule has 0 aliphatic rings. The molecule has 0 saturated heterocycles. The summed E-state index contributed by atoms with van der Waals surface area (Å²) in [4.78, 5) is 4.48. The third kappa shape index (κ3) is 2.20. The van der Waals surface area contributed by atoms with E-state index in [1.165, 1.54) is 6.07 Å². The van der Waals surface area contributed by atoms with Crippen LogP contribution in [-0.4, -0.2) is 4.98 Å². The van der Waals surface area contributed by atoms with Crippen LogP contribution in [0.3, 0.4) is 0 Å². The lowest BCUT2D eigenvalue weighted by atomic mass is 10.1. The van der Waals surface area contributed by atoms with Crippen LogP contribution in [0.15, 0.2) is 16.6 Å². The lowest BCUT2D eigenvalue weighted by Gasteiger charge is -2.12. The van der Waals surface area contributed by atoms with E-state index in [9.17, 15) is 4.39 Å². The van der Waals surface area contributed by atoms with Crippen molar-refractivity contribution in [2.24, 2.45) is 5.84 Å². The lowest BCUT2D eigenvalue weighted by Crippen LogP contribution is -2.11. The largest absolute Gasteiger partial charge is 0.308 e. The summed E-state index contributed by atoms with van der Waals surface area (Å²) in [7, 11) is 0. The highest BCUT2D eigenvalue weighted by molar-refractivity contribution is 9.10. The summed E-state index contributed by atoms with van der Waals surface area (Å²) in [6, 6.07) is 3.42. The van der Waals surface area contributed by atoms with Gasteiger partial charge in [-0.15, -0.1) is 0 Å². The Kier molecular flexibility index (Phi) is 3.82. The van der Waals surface area contributed by atoms with Crippen LogP contribution < -0.4 is 11.3 Å². The van der Waals surface area contributed by atoms with Gasteiger partial charge in [0.05, 0.1) is 9.99 Å². The zero-order chi connectivity index (χ0) is 13.3. The van der Waals surface area contributed by atoms with Gasteiger partial charge in [-0.3, -0.25) is 0 Å². The maximum Gasteiger partial charge on any atom is 0.143 e. The molecular formula is C13H15BrFN3. The van der Waals surface area contributed by atoms with Crippen LogP contribution in [0.4, 0.5) is 10.2 Å². The Morgan fingerprint density at radius 2 is 2.17 bits per heavy atom. The number of aryl methyl sites for hydroxylation is 2. The van der Waals surface area contributed by atoms with Gasteiger partial charge in [0.2, 0.25) is 0 Å². The Morgan fingerprint density at radius 1 is 1.44 bits per heavy atom. The van der Waals surface area contributed by atoms with Crippen LogP contribution in [-0.2, 0) is 6.42 Å². The molecule has 3 N–H and O–H groups in total. The Labute approximate surface area is 114 Å². The average molecular weight is 312 g/mol. The van der Waals surface area contributed by atoms with Gasteiger partial charge in [-0.1, -0.05) is 13.3 Å². The predicted molar refractivity (Wildman–Crippen MR) is 75.9 cm³/mol. The minimum atomic E-state index is -0.266. The summed E-state index contributed by atoms with van der Waals surface area (Å²) < 4.78 is 14.1. The number of nitrogen functional groups attached to an aromatic ring is 1. The van der Waals surface area contributed by atoms with E-state index in [0.29, 0.717) is 10.3 Å². The number of halogens is 2. The van der Waals surface area contributed by atoms with Crippen LogP contribution in [0.5, 0.6) is 0 Å². The van der Waals surface area contributed by atoms with Gasteiger partial charge in [-0.25, -0.2) is 15.2 Å². The van der Waals surface area contributed by atoms with Crippen LogP contribution in [0, 0.1) is 12.7 Å². The van der Waals surface area contributed by atoms with E-state index in [4.69, 9.17) is 5.84 Å². The molecule has 96 valence electrons. The second kappa shape index (κ2) is 5.20. The molecular weight excluding hydrogens is 297 g/mol. The molecule has 0 bridgehead atoms. The molecule has 0 amide bonds. The first-order chi connectivity index (χ1) is 8.58. The number of anilines is 1. The molecule has 5 heteroatoms. The van der Waals surface area contributed by atoms with Gasteiger partial charge in [-0.05, 0) is 52.5 Å². The maximum absolute atomic E-state index is 13.7. The fraction of sp³-hybridized carbons (Fsp3) is 0.308. The molecule has 0 fully saturated rings. The van der Waals surface area contributed by atoms with E-state index in [-0.39, 0.29) is 5.82 Å². The number of fused-ring (bicyclic) bond motifs is 1. The molecule has 0 aliphatic heterocycles. The summed E-state index contributed by atoms with van der Waals surface area (Å²) in [5.74, 6) is 5.88. The van der Waals surface area contributed by atoms with Gasteiger partial charge in [0.15, 0.2) is 0 Å². The molecule has 0 aliphatic carbocycles. The summed E-state index contributed by atoms with van der Waals surface area (Å²) in [6.45, 7) is 3.92. The highest BCUT2D eigenvalue weighted by atomic mass is 79.9. The third-order valence-electron chi connectivity index (χ3n) is 2.92. The molecule has 2 rings (SSSR count). The quantitative estimate of drug-likeness (QED) is 0.671. The Bertz CT molecular complexity index is 599. The normalized spacial score (nSPS) is 10.9. The molecule has 1 aromatic carbocycles. The van der Waals surface area contributed by atoms with Gasteiger partial charge < -0.3 is 5.43 Å². The zero-order valence-electron chi connectivity index (χ0n) is 10.3. The zero-order valence-corrected chi connectivity index (χ0v) is 11.9. The van der Waals surface area contributed by atoms with Crippen molar-refractivity contribution in [2.45, 2.75) is 26.7 Å². The first-order valence-electron chi connectivity index (χ1n) is 5.83. The second-order valence-corrected chi connectivity index (χ2v) is 5.07. The van der Waals surface area contributed by atoms with Crippen LogP contribution in [0.25, 0.3) is 10.9 Å². The number of rotatable bonds is 3. The minimum Gasteiger partial charge on any atom is -0.308 e. The topological polar surface area (TPSA) is 50.9 Å². The number of hydrogen-bond acceptors (Lipinski definition) is 3. The summed E-state index contributed by atoms with van der Waals surface area (Å²) in [6.07, 6.45) is 1.83. The standard InChI is InChI=1S/C13H15BrFN3/c1-3-4-8-6-9-11(14)10(15)5-7(2)12(9)17-13(8)18-16/h5-6H,3-4,16H2,1-2H3,(H,17,18). The molecule has 0 unspecified atom stereocenters. The summed E-state index contributed by atoms with van der Waals surface area (Å²) in [5.41, 5.74) is 5.17. The molecule has 3 nitrogen and oxygen atoms in total. The highest BCUT2D eigenvalue weighted by Gasteiger charge is 2.13. The van der Waals surface area contributed by atoms with Crippen molar-refractivity contribution in [1.29, 1.82) is 0 Å². The van der Waals surface area contributed by atoms with Gasteiger partial charge in [0.25, 0.3) is 0 Å². The van der Waals surface area contributed by atoms with Gasteiger partial charge in [0.1, 0.15) is 11.6 Å². The maximum atomic E-state index is 13.7. The molecule has 0 saturated carbocycles. The average Bonchev–Trinajstić information content (AvgIpc) is 2.36. The van der Waals surface area contributed by atoms with Crippen molar-refractivity contribution in [3.05, 3.63) is 33.5 Å². The van der Waals surface area contributed by atoms with E-state index in [0.717, 1.165) is 34.9 Å². The van der Waals surface area contributed by atoms with Gasteiger partial charge >= 0.3 is 0 Å². The molecule has 18 heavy (non-hydrogen) atoms. The van der Waals surface area contributed by atoms with Crippen molar-refractivity contribution in [3.8, 4) is 0 Å². The number of nitrogens with one attached hydrogen (secondary N) is 1. The lowest BCUT2D eigenvalue weighted by molar-refractivity contribution is 0.622. The third-order valence-corrected chi connectivity index (χ3v) is 3.73. The SMILES string of the molecule is CCCc1cc2c(Br)c(F)cc(C)c2nc1NN. The number of benzene rings is 1. The molecule has 0 radical (unpaired) electrons. The number of nitrogens with two attached hydrogens (primary N) is 1. The molecule has 1 heterocycles. The first kappa shape index (κ1) is 13.2. The van der Waals surface area contributed by atoms with Crippen molar-refractivity contribution < 1.29 is 4.39 Å². The minimum absolute atomic E-state index is 0.266. The molecule has 0 spiro atoms. The van der Waals surface area contributed by atoms with Crippen LogP contribution in [0.1, 0.15) is 24.5 Å². The number of nitrogens with zero attached hydrogens (tertiary/aromatic N) is 1. The van der Waals surface area contributed by atoms with Crippen LogP contribution in [0.2, 0.25) is 0 Å². The fourth-order valence-electron chi connectivity index (χ4n) is 2.06. The predicted octanol–water partition coefficient (Wildman–Crippen LogP) is 3.68. The number of hydrazine groups is 1. The van der Waals surface area contributed by atoms with Crippen LogP contribution >= 0.6 is 15.9 Å². The number of aromatic nitrogens is 1. The number of hydrogen-bond donors (Lipinski definition) is 2. The van der Waals surface area contributed by atoms with Crippen molar-refractivity contribution >= 4 is 32.7 Å². The second-order valence-electron chi connectivity index (χ2n) is 4.28. The molecule has 1 aromatic heterocycles. The highest BCUT2D eigenvalue weighted by Crippen LogP contribution is 2.31. The Balaban J connectivity index is 2.78. The monoisotopic (exact) mass is 311 g/mol.